The highest BCUT2D eigenvalue weighted by Crippen LogP contribution is 1.94. The Balaban J connectivity index is 2.19. The van der Waals surface area contributed by atoms with Crippen molar-refractivity contribution in [1.82, 2.24) is 4.57 Å². The van der Waals surface area contributed by atoms with Crippen LogP contribution in [0.2, 0.25) is 0 Å². The summed E-state index contributed by atoms with van der Waals surface area (Å²) in [7, 11) is -0.0397. The third kappa shape index (κ3) is 2.75. The predicted molar refractivity (Wildman–Crippen MR) is 51.9 cm³/mol. The third-order valence-corrected chi connectivity index (χ3v) is 3.94. The van der Waals surface area contributed by atoms with Gasteiger partial charge < -0.3 is 4.24 Å². The van der Waals surface area contributed by atoms with Crippen molar-refractivity contribution >= 4 is 16.1 Å². The highest BCUT2D eigenvalue weighted by Gasteiger charge is 2.19. The van der Waals surface area contributed by atoms with Crippen LogP contribution in [0.5, 0.6) is 0 Å². The Morgan fingerprint density at radius 1 is 1.45 bits per heavy atom. The predicted octanol–water partition coefficient (Wildman–Crippen LogP) is 0.204. The molecule has 0 bridgehead atoms. The topological polar surface area (TPSA) is 6.25 Å². The Hall–Kier alpha value is -0.153. The first-order valence-corrected chi connectivity index (χ1v) is 5.93. The molecule has 0 N–H and O–H groups in total. The minimum absolute atomic E-state index is 0.0397. The van der Waals surface area contributed by atoms with E-state index in [0.29, 0.717) is 0 Å². The van der Waals surface area contributed by atoms with Crippen LogP contribution < -0.4 is 0 Å². The van der Waals surface area contributed by atoms with E-state index in [1.165, 1.54) is 32.5 Å². The lowest BCUT2D eigenvalue weighted by atomic mass is 10.5. The zero-order valence-corrected chi connectivity index (χ0v) is 9.13. The molecule has 0 amide bonds. The SMILES string of the molecule is CCCN1CC=[N+](CCC)[SiH2]1. The summed E-state index contributed by atoms with van der Waals surface area (Å²) in [4.78, 5) is 0. The summed E-state index contributed by atoms with van der Waals surface area (Å²) in [5, 5.41) is 0. The van der Waals surface area contributed by atoms with E-state index in [1.54, 1.807) is 0 Å². The van der Waals surface area contributed by atoms with Gasteiger partial charge in [-0.3, -0.25) is 4.57 Å². The van der Waals surface area contributed by atoms with E-state index in [1.807, 2.05) is 0 Å². The van der Waals surface area contributed by atoms with E-state index < -0.39 is 0 Å². The molecular formula is C8H19N2Si+. The summed E-state index contributed by atoms with van der Waals surface area (Å²) >= 11 is 0. The molecule has 0 atom stereocenters. The molecule has 2 nitrogen and oxygen atoms in total. The fraction of sp³-hybridized carbons (Fsp3) is 0.875. The maximum absolute atomic E-state index is 2.62. The van der Waals surface area contributed by atoms with Crippen molar-refractivity contribution in [1.29, 1.82) is 0 Å². The molecule has 3 heteroatoms. The van der Waals surface area contributed by atoms with Crippen molar-refractivity contribution < 1.29 is 4.24 Å². The number of rotatable bonds is 4. The lowest BCUT2D eigenvalue weighted by molar-refractivity contribution is -0.377. The molecule has 1 aliphatic heterocycles. The molecule has 0 aromatic rings. The average Bonchev–Trinajstić information content (AvgIpc) is 2.38. The van der Waals surface area contributed by atoms with E-state index in [9.17, 15) is 0 Å². The Kier molecular flexibility index (Phi) is 3.79. The lowest BCUT2D eigenvalue weighted by Gasteiger charge is -2.07. The minimum atomic E-state index is -0.0397. The van der Waals surface area contributed by atoms with Crippen molar-refractivity contribution in [2.75, 3.05) is 19.6 Å². The van der Waals surface area contributed by atoms with Gasteiger partial charge in [-0.2, -0.15) is 0 Å². The fourth-order valence-corrected chi connectivity index (χ4v) is 3.42. The molecule has 0 aromatic heterocycles. The van der Waals surface area contributed by atoms with Crippen LogP contribution in [-0.4, -0.2) is 44.5 Å². The number of nitrogens with zero attached hydrogens (tertiary/aromatic N) is 2. The Morgan fingerprint density at radius 2 is 2.27 bits per heavy atom. The van der Waals surface area contributed by atoms with E-state index in [2.05, 4.69) is 28.9 Å². The van der Waals surface area contributed by atoms with Crippen LogP contribution >= 0.6 is 0 Å². The molecule has 0 aliphatic carbocycles. The summed E-state index contributed by atoms with van der Waals surface area (Å²) in [5.74, 6) is 0. The zero-order valence-electron chi connectivity index (χ0n) is 7.71. The van der Waals surface area contributed by atoms with Crippen molar-refractivity contribution in [2.45, 2.75) is 26.7 Å². The van der Waals surface area contributed by atoms with Crippen LogP contribution in [0.3, 0.4) is 0 Å². The highest BCUT2D eigenvalue weighted by atomic mass is 28.2. The molecule has 1 rings (SSSR count). The molecule has 0 radical (unpaired) electrons. The fourth-order valence-electron chi connectivity index (χ4n) is 1.53. The standard InChI is InChI=1S/C8H19N2Si/c1-3-5-9-7-8-10(11-9)6-4-2/h7H,3-6,8,11H2,1-2H3/q+1. The van der Waals surface area contributed by atoms with E-state index in [0.717, 1.165) is 0 Å². The molecule has 0 unspecified atom stereocenters. The first-order valence-electron chi connectivity index (χ1n) is 4.66. The van der Waals surface area contributed by atoms with Crippen LogP contribution in [0.1, 0.15) is 26.7 Å². The summed E-state index contributed by atoms with van der Waals surface area (Å²) in [6.07, 6.45) is 4.98. The van der Waals surface area contributed by atoms with Gasteiger partial charge in [0.2, 0.25) is 0 Å². The molecule has 64 valence electrons. The van der Waals surface area contributed by atoms with Crippen LogP contribution in [0.15, 0.2) is 0 Å². The molecule has 0 saturated carbocycles. The lowest BCUT2D eigenvalue weighted by Crippen LogP contribution is -2.29. The normalized spacial score (nSPS) is 21.1. The quantitative estimate of drug-likeness (QED) is 0.548. The van der Waals surface area contributed by atoms with Crippen LogP contribution in [0, 0.1) is 0 Å². The van der Waals surface area contributed by atoms with Crippen LogP contribution in [0.4, 0.5) is 0 Å². The monoisotopic (exact) mass is 171 g/mol. The summed E-state index contributed by atoms with van der Waals surface area (Å²) in [6, 6.07) is 0. The second-order valence-corrected chi connectivity index (χ2v) is 5.20. The zero-order chi connectivity index (χ0) is 8.10. The van der Waals surface area contributed by atoms with E-state index in [-0.39, 0.29) is 9.84 Å². The van der Waals surface area contributed by atoms with Crippen molar-refractivity contribution in [3.8, 4) is 0 Å². The van der Waals surface area contributed by atoms with Crippen LogP contribution in [0.25, 0.3) is 0 Å². The van der Waals surface area contributed by atoms with Gasteiger partial charge in [0, 0.05) is 6.42 Å². The first-order chi connectivity index (χ1) is 5.36. The highest BCUT2D eigenvalue weighted by molar-refractivity contribution is 6.24. The van der Waals surface area contributed by atoms with Crippen LogP contribution in [-0.2, 0) is 0 Å². The van der Waals surface area contributed by atoms with Gasteiger partial charge in [-0.25, -0.2) is 0 Å². The summed E-state index contributed by atoms with van der Waals surface area (Å²) < 4.78 is 5.17. The van der Waals surface area contributed by atoms with Crippen molar-refractivity contribution in [3.63, 3.8) is 0 Å². The summed E-state index contributed by atoms with van der Waals surface area (Å²) in [5.41, 5.74) is 0. The smallest absolute Gasteiger partial charge is 0.305 e. The first kappa shape index (κ1) is 8.94. The molecule has 0 aromatic carbocycles. The molecule has 0 fully saturated rings. The molecule has 1 aliphatic rings. The molecule has 0 spiro atoms. The van der Waals surface area contributed by atoms with Gasteiger partial charge in [0.1, 0.15) is 12.8 Å². The van der Waals surface area contributed by atoms with Gasteiger partial charge in [-0.1, -0.05) is 13.8 Å². The average molecular weight is 171 g/mol. The van der Waals surface area contributed by atoms with Gasteiger partial charge in [0.15, 0.2) is 0 Å². The molecule has 1 heterocycles. The number of hydrogen-bond acceptors (Lipinski definition) is 1. The number of hydrogen-bond donors (Lipinski definition) is 0. The molecule has 11 heavy (non-hydrogen) atoms. The Morgan fingerprint density at radius 3 is 2.91 bits per heavy atom. The van der Waals surface area contributed by atoms with Gasteiger partial charge >= 0.3 is 9.84 Å². The minimum Gasteiger partial charge on any atom is -0.305 e. The second kappa shape index (κ2) is 4.67. The van der Waals surface area contributed by atoms with Crippen molar-refractivity contribution in [3.05, 3.63) is 0 Å². The third-order valence-electron chi connectivity index (χ3n) is 2.03. The second-order valence-electron chi connectivity index (χ2n) is 3.21. The Labute approximate surface area is 71.9 Å². The van der Waals surface area contributed by atoms with Gasteiger partial charge in [0.25, 0.3) is 0 Å². The van der Waals surface area contributed by atoms with Gasteiger partial charge in [-0.05, 0) is 13.0 Å². The van der Waals surface area contributed by atoms with Gasteiger partial charge in [-0.15, -0.1) is 0 Å². The van der Waals surface area contributed by atoms with E-state index in [4.69, 9.17) is 0 Å². The molecule has 0 saturated heterocycles. The molecular weight excluding hydrogens is 152 g/mol. The summed E-state index contributed by atoms with van der Waals surface area (Å²) in [6.45, 7) is 8.33. The van der Waals surface area contributed by atoms with E-state index >= 15 is 0 Å². The maximum atomic E-state index is 2.62. The largest absolute Gasteiger partial charge is 0.412 e. The van der Waals surface area contributed by atoms with Gasteiger partial charge in [0.05, 0.1) is 6.54 Å². The maximum Gasteiger partial charge on any atom is 0.412 e. The Bertz CT molecular complexity index is 145. The van der Waals surface area contributed by atoms with Crippen molar-refractivity contribution in [2.24, 2.45) is 0 Å².